The average Bonchev–Trinajstić information content (AvgIpc) is 3.72. The number of anilines is 1. The van der Waals surface area contributed by atoms with Crippen molar-refractivity contribution in [3.8, 4) is 23.4 Å². The zero-order valence-electron chi connectivity index (χ0n) is 17.0. The molecule has 3 aliphatic carbocycles. The molecule has 1 amide bonds. The number of nitrogens with zero attached hydrogens (tertiary/aromatic N) is 8. The summed E-state index contributed by atoms with van der Waals surface area (Å²) in [5.41, 5.74) is -0.221. The molecule has 10 heteroatoms. The van der Waals surface area contributed by atoms with E-state index in [-0.39, 0.29) is 34.1 Å². The molecule has 32 heavy (non-hydrogen) atoms. The summed E-state index contributed by atoms with van der Waals surface area (Å²) in [6.07, 6.45) is 9.97. The molecule has 1 aliphatic heterocycles. The van der Waals surface area contributed by atoms with Crippen molar-refractivity contribution < 1.29 is 9.18 Å². The summed E-state index contributed by atoms with van der Waals surface area (Å²) in [7, 11) is 0. The van der Waals surface area contributed by atoms with E-state index in [1.54, 1.807) is 12.4 Å². The van der Waals surface area contributed by atoms with Gasteiger partial charge in [0.1, 0.15) is 10.9 Å². The lowest BCUT2D eigenvalue weighted by molar-refractivity contribution is -0.123. The van der Waals surface area contributed by atoms with E-state index < -0.39 is 11.2 Å². The first-order valence-corrected chi connectivity index (χ1v) is 10.7. The molecule has 3 aromatic heterocycles. The van der Waals surface area contributed by atoms with Gasteiger partial charge in [0.25, 0.3) is 0 Å². The van der Waals surface area contributed by atoms with E-state index >= 15 is 0 Å². The van der Waals surface area contributed by atoms with Crippen LogP contribution in [0.5, 0.6) is 0 Å². The van der Waals surface area contributed by atoms with Crippen molar-refractivity contribution in [1.82, 2.24) is 24.4 Å². The lowest BCUT2D eigenvalue weighted by atomic mass is 9.83. The van der Waals surface area contributed by atoms with Crippen LogP contribution in [-0.4, -0.2) is 36.8 Å². The van der Waals surface area contributed by atoms with Crippen LogP contribution in [0.2, 0.25) is 0 Å². The van der Waals surface area contributed by atoms with Crippen LogP contribution in [0.3, 0.4) is 0 Å². The van der Waals surface area contributed by atoms with Crippen molar-refractivity contribution >= 4 is 17.2 Å². The number of aromatic nitrogens is 5. The van der Waals surface area contributed by atoms with Crippen LogP contribution >= 0.6 is 0 Å². The second-order valence-corrected chi connectivity index (χ2v) is 9.55. The van der Waals surface area contributed by atoms with Crippen LogP contribution in [0, 0.1) is 45.2 Å². The molecule has 7 rings (SSSR count). The molecule has 4 aliphatic rings. The Bertz CT molecular complexity index is 1430. The molecule has 1 atom stereocenters. The molecule has 0 radical (unpaired) electrons. The number of hydrogen-bond acceptors (Lipinski definition) is 6. The van der Waals surface area contributed by atoms with E-state index in [1.807, 2.05) is 10.9 Å². The van der Waals surface area contributed by atoms with Gasteiger partial charge in [-0.25, -0.2) is 13.9 Å². The van der Waals surface area contributed by atoms with Crippen molar-refractivity contribution in [2.75, 3.05) is 11.4 Å². The SMILES string of the molecule is N#CC12CC1(n1cc(-c3cn4ncc(F)c4c(N4CC[C@@](C#N)(C5CC5)C4=O)n3)cn1)C2. The molecule has 0 N–H and O–H groups in total. The third-order valence-electron chi connectivity index (χ3n) is 7.88. The molecule has 0 bridgehead atoms. The summed E-state index contributed by atoms with van der Waals surface area (Å²) in [5.74, 6) is -0.639. The van der Waals surface area contributed by atoms with Crippen molar-refractivity contribution in [1.29, 1.82) is 10.5 Å². The van der Waals surface area contributed by atoms with Crippen molar-refractivity contribution in [2.45, 2.75) is 37.6 Å². The maximum atomic E-state index is 14.6. The highest BCUT2D eigenvalue weighted by Gasteiger charge is 2.86. The van der Waals surface area contributed by atoms with E-state index in [0.29, 0.717) is 24.2 Å². The minimum Gasteiger partial charge on any atom is -0.293 e. The molecule has 4 heterocycles. The predicted octanol–water partition coefficient (Wildman–Crippen LogP) is 2.40. The first-order chi connectivity index (χ1) is 15.5. The van der Waals surface area contributed by atoms with Gasteiger partial charge in [-0.15, -0.1) is 0 Å². The summed E-state index contributed by atoms with van der Waals surface area (Å²) in [4.78, 5) is 19.4. The number of fused-ring (bicyclic) bond motifs is 2. The number of halogens is 1. The van der Waals surface area contributed by atoms with Crippen LogP contribution in [0.1, 0.15) is 32.1 Å². The van der Waals surface area contributed by atoms with Gasteiger partial charge in [0.15, 0.2) is 11.6 Å². The second-order valence-electron chi connectivity index (χ2n) is 9.55. The first kappa shape index (κ1) is 17.8. The third-order valence-corrected chi connectivity index (χ3v) is 7.88. The van der Waals surface area contributed by atoms with Crippen LogP contribution in [0.25, 0.3) is 16.8 Å². The number of carbonyl (C=O) groups excluding carboxylic acids is 1. The topological polar surface area (TPSA) is 116 Å². The largest absolute Gasteiger partial charge is 0.293 e. The molecular weight excluding hydrogens is 411 g/mol. The molecule has 0 spiro atoms. The molecule has 9 nitrogen and oxygen atoms in total. The number of hydrogen-bond donors (Lipinski definition) is 0. The van der Waals surface area contributed by atoms with Crippen molar-refractivity contribution in [3.63, 3.8) is 0 Å². The number of nitriles is 2. The smallest absolute Gasteiger partial charge is 0.249 e. The fourth-order valence-corrected chi connectivity index (χ4v) is 5.49. The van der Waals surface area contributed by atoms with E-state index in [1.165, 1.54) is 9.42 Å². The van der Waals surface area contributed by atoms with Gasteiger partial charge < -0.3 is 0 Å². The number of carbonyl (C=O) groups is 1. The monoisotopic (exact) mass is 428 g/mol. The molecule has 3 aromatic rings. The predicted molar refractivity (Wildman–Crippen MR) is 107 cm³/mol. The molecule has 1 saturated heterocycles. The Balaban J connectivity index is 1.32. The van der Waals surface area contributed by atoms with Gasteiger partial charge in [0, 0.05) is 18.3 Å². The second kappa shape index (κ2) is 5.33. The zero-order chi connectivity index (χ0) is 21.9. The Morgan fingerprint density at radius 1 is 1.12 bits per heavy atom. The zero-order valence-corrected chi connectivity index (χ0v) is 17.0. The summed E-state index contributed by atoms with van der Waals surface area (Å²) >= 11 is 0. The Morgan fingerprint density at radius 3 is 2.62 bits per heavy atom. The van der Waals surface area contributed by atoms with Crippen LogP contribution in [0.15, 0.2) is 24.8 Å². The fraction of sp³-hybridized carbons (Fsp3) is 0.455. The minimum absolute atomic E-state index is 0.0638. The lowest BCUT2D eigenvalue weighted by Gasteiger charge is -2.21. The van der Waals surface area contributed by atoms with Gasteiger partial charge in [0.2, 0.25) is 5.91 Å². The Labute approximate surface area is 181 Å². The minimum atomic E-state index is -1.05. The standard InChI is InChI=1S/C22H17FN8O/c23-15-6-26-30-8-16(13-5-27-31(7-13)22-9-20(22,10-22)11-24)28-18(17(15)30)29-4-3-21(12-25,19(29)32)14-1-2-14/h5-8,14H,1-4,9-10H2/t20?,21-,22?/m1/s1. The van der Waals surface area contributed by atoms with Crippen molar-refractivity contribution in [3.05, 3.63) is 30.6 Å². The lowest BCUT2D eigenvalue weighted by Crippen LogP contribution is -2.36. The maximum absolute atomic E-state index is 14.6. The summed E-state index contributed by atoms with van der Waals surface area (Å²) in [6.45, 7) is 0.312. The normalized spacial score (nSPS) is 32.6. The first-order valence-electron chi connectivity index (χ1n) is 10.7. The summed E-state index contributed by atoms with van der Waals surface area (Å²) in [5, 5.41) is 27.7. The molecule has 0 unspecified atom stereocenters. The van der Waals surface area contributed by atoms with Crippen LogP contribution in [-0.2, 0) is 10.3 Å². The summed E-state index contributed by atoms with van der Waals surface area (Å²) in [6, 6.07) is 4.64. The number of rotatable bonds is 4. The van der Waals surface area contributed by atoms with Crippen molar-refractivity contribution in [2.24, 2.45) is 16.7 Å². The molecule has 3 saturated carbocycles. The molecule has 158 valence electrons. The van der Waals surface area contributed by atoms with E-state index in [2.05, 4.69) is 27.3 Å². The Hall–Kier alpha value is -3.79. The van der Waals surface area contributed by atoms with Crippen LogP contribution in [0.4, 0.5) is 10.2 Å². The summed E-state index contributed by atoms with van der Waals surface area (Å²) < 4.78 is 17.9. The van der Waals surface area contributed by atoms with Gasteiger partial charge in [0.05, 0.1) is 47.4 Å². The fourth-order valence-electron chi connectivity index (χ4n) is 5.49. The van der Waals surface area contributed by atoms with E-state index in [4.69, 9.17) is 0 Å². The van der Waals surface area contributed by atoms with E-state index in [0.717, 1.165) is 31.9 Å². The highest BCUT2D eigenvalue weighted by Crippen LogP contribution is 2.83. The third kappa shape index (κ3) is 1.96. The average molecular weight is 428 g/mol. The van der Waals surface area contributed by atoms with Gasteiger partial charge in [-0.2, -0.15) is 20.7 Å². The molecule has 0 aromatic carbocycles. The van der Waals surface area contributed by atoms with Gasteiger partial charge in [-0.1, -0.05) is 0 Å². The van der Waals surface area contributed by atoms with Crippen LogP contribution < -0.4 is 4.90 Å². The molecule has 4 fully saturated rings. The highest BCUT2D eigenvalue weighted by atomic mass is 19.1. The van der Waals surface area contributed by atoms with Gasteiger partial charge >= 0.3 is 0 Å². The van der Waals surface area contributed by atoms with E-state index in [9.17, 15) is 19.7 Å². The maximum Gasteiger partial charge on any atom is 0.249 e. The van der Waals surface area contributed by atoms with Gasteiger partial charge in [-0.3, -0.25) is 14.4 Å². The Morgan fingerprint density at radius 2 is 1.94 bits per heavy atom. The Kier molecular flexibility index (Phi) is 2.97. The highest BCUT2D eigenvalue weighted by molar-refractivity contribution is 6.04. The quantitative estimate of drug-likeness (QED) is 0.630. The molecular formula is C22H17FN8O. The van der Waals surface area contributed by atoms with Gasteiger partial charge in [-0.05, 0) is 38.0 Å². The number of amides is 1.